The Kier molecular flexibility index (Phi) is 5.21. The molecule has 1 spiro atoms. The summed E-state index contributed by atoms with van der Waals surface area (Å²) in [6, 6.07) is 8.74. The van der Waals surface area contributed by atoms with Crippen LogP contribution in [0.2, 0.25) is 0 Å². The molecular formula is C22H32N2O2. The molecule has 1 aromatic carbocycles. The molecule has 0 saturated heterocycles. The molecule has 0 bridgehead atoms. The maximum absolute atomic E-state index is 12.9. The monoisotopic (exact) mass is 356 g/mol. The van der Waals surface area contributed by atoms with Crippen LogP contribution in [0.15, 0.2) is 24.3 Å². The molecule has 0 atom stereocenters. The smallest absolute Gasteiger partial charge is 0.225 e. The summed E-state index contributed by atoms with van der Waals surface area (Å²) in [5, 5.41) is 3.58. The number of hydrogen-bond donors (Lipinski definition) is 1. The van der Waals surface area contributed by atoms with Crippen molar-refractivity contribution in [3.05, 3.63) is 29.8 Å². The first-order chi connectivity index (χ1) is 12.7. The lowest BCUT2D eigenvalue weighted by atomic mass is 9.80. The van der Waals surface area contributed by atoms with Crippen molar-refractivity contribution in [2.45, 2.75) is 76.0 Å². The van der Waals surface area contributed by atoms with Gasteiger partial charge < -0.3 is 15.0 Å². The van der Waals surface area contributed by atoms with Gasteiger partial charge in [0.15, 0.2) is 0 Å². The van der Waals surface area contributed by atoms with Gasteiger partial charge >= 0.3 is 0 Å². The average Bonchev–Trinajstić information content (AvgIpc) is 2.87. The topological polar surface area (TPSA) is 41.6 Å². The summed E-state index contributed by atoms with van der Waals surface area (Å²) < 4.78 is 6.52. The highest BCUT2D eigenvalue weighted by Crippen LogP contribution is 2.38. The number of carbonyl (C=O) groups excluding carboxylic acids is 1. The van der Waals surface area contributed by atoms with E-state index in [2.05, 4.69) is 34.5 Å². The van der Waals surface area contributed by atoms with E-state index in [9.17, 15) is 4.79 Å². The third-order valence-electron chi connectivity index (χ3n) is 6.78. The van der Waals surface area contributed by atoms with Crippen LogP contribution < -0.4 is 10.1 Å². The van der Waals surface area contributed by atoms with Crippen molar-refractivity contribution >= 4 is 5.91 Å². The highest BCUT2D eigenvalue weighted by molar-refractivity contribution is 5.79. The molecule has 4 nitrogen and oxygen atoms in total. The van der Waals surface area contributed by atoms with Gasteiger partial charge in [-0.1, -0.05) is 37.5 Å². The fraction of sp³-hybridized carbons (Fsp3) is 0.682. The number of nitrogens with zero attached hydrogens (tertiary/aromatic N) is 1. The van der Waals surface area contributed by atoms with Gasteiger partial charge in [-0.25, -0.2) is 0 Å². The molecule has 26 heavy (non-hydrogen) atoms. The number of hydrogen-bond acceptors (Lipinski definition) is 3. The zero-order valence-corrected chi connectivity index (χ0v) is 16.0. The van der Waals surface area contributed by atoms with E-state index >= 15 is 0 Å². The van der Waals surface area contributed by atoms with E-state index in [0.29, 0.717) is 11.9 Å². The number of amides is 1. The molecule has 0 radical (unpaired) electrons. The van der Waals surface area contributed by atoms with Crippen LogP contribution in [-0.2, 0) is 11.3 Å². The first-order valence-corrected chi connectivity index (χ1v) is 10.4. The van der Waals surface area contributed by atoms with Crippen LogP contribution in [-0.4, -0.2) is 36.0 Å². The third-order valence-corrected chi connectivity index (χ3v) is 6.78. The molecule has 142 valence electrons. The molecule has 0 aromatic heterocycles. The lowest BCUT2D eigenvalue weighted by molar-refractivity contribution is -0.139. The third kappa shape index (κ3) is 3.62. The van der Waals surface area contributed by atoms with Crippen LogP contribution in [0.3, 0.4) is 0 Å². The second kappa shape index (κ2) is 7.59. The number of ether oxygens (including phenoxy) is 1. The van der Waals surface area contributed by atoms with Crippen molar-refractivity contribution in [3.8, 4) is 5.75 Å². The van der Waals surface area contributed by atoms with Crippen molar-refractivity contribution in [2.75, 3.05) is 13.6 Å². The number of benzene rings is 1. The van der Waals surface area contributed by atoms with Crippen molar-refractivity contribution in [2.24, 2.45) is 5.92 Å². The van der Waals surface area contributed by atoms with Crippen molar-refractivity contribution in [3.63, 3.8) is 0 Å². The van der Waals surface area contributed by atoms with Crippen molar-refractivity contribution in [1.29, 1.82) is 0 Å². The van der Waals surface area contributed by atoms with Crippen LogP contribution in [0, 0.1) is 5.92 Å². The van der Waals surface area contributed by atoms with Crippen molar-refractivity contribution < 1.29 is 9.53 Å². The van der Waals surface area contributed by atoms with Crippen LogP contribution in [0.5, 0.6) is 5.75 Å². The standard InChI is InChI=1S/C22H32N2O2/c1-24(21(25)17-7-3-2-4-8-17)19-11-13-22(14-12-19)16-23-15-18-9-5-6-10-20(18)26-22/h5-6,9-10,17,19,23H,2-4,7-8,11-16H2,1H3. The normalized spacial score (nSPS) is 29.5. The molecule has 4 heteroatoms. The Morgan fingerprint density at radius 2 is 1.85 bits per heavy atom. The van der Waals surface area contributed by atoms with Crippen LogP contribution in [0.1, 0.15) is 63.4 Å². The Labute approximate surface area is 157 Å². The average molecular weight is 357 g/mol. The number of fused-ring (bicyclic) bond motifs is 1. The van der Waals surface area contributed by atoms with E-state index in [0.717, 1.165) is 57.4 Å². The Morgan fingerprint density at radius 3 is 2.62 bits per heavy atom. The minimum atomic E-state index is -0.113. The highest BCUT2D eigenvalue weighted by atomic mass is 16.5. The molecule has 1 aliphatic heterocycles. The van der Waals surface area contributed by atoms with Crippen LogP contribution in [0.4, 0.5) is 0 Å². The highest BCUT2D eigenvalue weighted by Gasteiger charge is 2.41. The first kappa shape index (κ1) is 17.8. The molecule has 1 amide bonds. The van der Waals surface area contributed by atoms with Gasteiger partial charge in [0.2, 0.25) is 5.91 Å². The minimum absolute atomic E-state index is 0.113. The summed E-state index contributed by atoms with van der Waals surface area (Å²) in [5.74, 6) is 1.69. The maximum atomic E-state index is 12.9. The van der Waals surface area contributed by atoms with Gasteiger partial charge in [0, 0.05) is 37.7 Å². The van der Waals surface area contributed by atoms with Gasteiger partial charge in [0.25, 0.3) is 0 Å². The van der Waals surface area contributed by atoms with Gasteiger partial charge in [0.1, 0.15) is 11.4 Å². The first-order valence-electron chi connectivity index (χ1n) is 10.4. The Balaban J connectivity index is 1.38. The van der Waals surface area contributed by atoms with Crippen LogP contribution in [0.25, 0.3) is 0 Å². The SMILES string of the molecule is CN(C(=O)C1CCCCC1)C1CCC2(CC1)CNCc1ccccc1O2. The largest absolute Gasteiger partial charge is 0.486 e. The Bertz CT molecular complexity index is 631. The molecular weight excluding hydrogens is 324 g/mol. The molecule has 2 aliphatic carbocycles. The zero-order valence-electron chi connectivity index (χ0n) is 16.0. The van der Waals surface area contributed by atoms with Gasteiger partial charge in [-0.2, -0.15) is 0 Å². The molecule has 0 unspecified atom stereocenters. The summed E-state index contributed by atoms with van der Waals surface area (Å²) in [5.41, 5.74) is 1.13. The second-order valence-corrected chi connectivity index (χ2v) is 8.51. The second-order valence-electron chi connectivity index (χ2n) is 8.51. The maximum Gasteiger partial charge on any atom is 0.225 e. The zero-order chi connectivity index (χ0) is 18.0. The van der Waals surface area contributed by atoms with E-state index in [4.69, 9.17) is 4.74 Å². The summed E-state index contributed by atoms with van der Waals surface area (Å²) in [7, 11) is 2.03. The molecule has 2 fully saturated rings. The molecule has 2 saturated carbocycles. The van der Waals surface area contributed by atoms with Gasteiger partial charge in [0.05, 0.1) is 0 Å². The van der Waals surface area contributed by atoms with Crippen LogP contribution >= 0.6 is 0 Å². The molecule has 4 rings (SSSR count). The number of carbonyl (C=O) groups is 1. The van der Waals surface area contributed by atoms with Gasteiger partial charge in [-0.3, -0.25) is 4.79 Å². The quantitative estimate of drug-likeness (QED) is 0.874. The van der Waals surface area contributed by atoms with E-state index in [1.165, 1.54) is 24.8 Å². The predicted octanol–water partition coefficient (Wildman–Crippen LogP) is 3.89. The molecule has 1 N–H and O–H groups in total. The lowest BCUT2D eigenvalue weighted by Crippen LogP contribution is -2.51. The number of nitrogens with one attached hydrogen (secondary N) is 1. The molecule has 1 heterocycles. The van der Waals surface area contributed by atoms with E-state index < -0.39 is 0 Å². The van der Waals surface area contributed by atoms with E-state index in [1.807, 2.05) is 7.05 Å². The minimum Gasteiger partial charge on any atom is -0.486 e. The van der Waals surface area contributed by atoms with Gasteiger partial charge in [-0.05, 0) is 44.6 Å². The summed E-state index contributed by atoms with van der Waals surface area (Å²) >= 11 is 0. The molecule has 1 aromatic rings. The van der Waals surface area contributed by atoms with Crippen molar-refractivity contribution in [1.82, 2.24) is 10.2 Å². The van der Waals surface area contributed by atoms with Gasteiger partial charge in [-0.15, -0.1) is 0 Å². The fourth-order valence-electron chi connectivity index (χ4n) is 5.06. The summed E-state index contributed by atoms with van der Waals surface area (Å²) in [6.07, 6.45) is 10.0. The summed E-state index contributed by atoms with van der Waals surface area (Å²) in [6.45, 7) is 1.77. The Morgan fingerprint density at radius 1 is 1.12 bits per heavy atom. The number of para-hydroxylation sites is 1. The summed E-state index contributed by atoms with van der Waals surface area (Å²) in [4.78, 5) is 14.9. The van der Waals surface area contributed by atoms with E-state index in [1.54, 1.807) is 0 Å². The van der Waals surface area contributed by atoms with E-state index in [-0.39, 0.29) is 11.5 Å². The number of rotatable bonds is 2. The Hall–Kier alpha value is -1.55. The predicted molar refractivity (Wildman–Crippen MR) is 103 cm³/mol. The lowest BCUT2D eigenvalue weighted by Gasteiger charge is -2.43. The fourth-order valence-corrected chi connectivity index (χ4v) is 5.06. The molecule has 3 aliphatic rings.